The summed E-state index contributed by atoms with van der Waals surface area (Å²) in [5.41, 5.74) is 0. The lowest BCUT2D eigenvalue weighted by Gasteiger charge is -2.11. The van der Waals surface area contributed by atoms with Crippen LogP contribution >= 0.6 is 27.3 Å². The highest BCUT2D eigenvalue weighted by Crippen LogP contribution is 2.27. The summed E-state index contributed by atoms with van der Waals surface area (Å²) in [7, 11) is 0. The van der Waals surface area contributed by atoms with Gasteiger partial charge in [0.15, 0.2) is 0 Å². The van der Waals surface area contributed by atoms with Gasteiger partial charge in [0, 0.05) is 27.7 Å². The molecule has 0 amide bonds. The summed E-state index contributed by atoms with van der Waals surface area (Å²) >= 11 is 4.94. The first kappa shape index (κ1) is 13.7. The molecule has 2 rings (SSSR count). The van der Waals surface area contributed by atoms with Crippen molar-refractivity contribution in [2.75, 3.05) is 0 Å². The number of aliphatic hydroxyl groups excluding tert-OH is 1. The van der Waals surface area contributed by atoms with E-state index in [1.165, 1.54) is 0 Å². The molecule has 1 N–H and O–H groups in total. The van der Waals surface area contributed by atoms with Crippen molar-refractivity contribution >= 4 is 27.3 Å². The van der Waals surface area contributed by atoms with Crippen LogP contribution in [0.5, 0.6) is 0 Å². The molecule has 1 atom stereocenters. The Morgan fingerprint density at radius 3 is 2.89 bits per heavy atom. The van der Waals surface area contributed by atoms with Crippen LogP contribution in [0, 0.1) is 5.92 Å². The summed E-state index contributed by atoms with van der Waals surface area (Å²) in [5, 5.41) is 16.3. The van der Waals surface area contributed by atoms with Gasteiger partial charge >= 0.3 is 0 Å². The van der Waals surface area contributed by atoms with Gasteiger partial charge in [-0.1, -0.05) is 13.8 Å². The number of thiophene rings is 1. The molecule has 4 nitrogen and oxygen atoms in total. The summed E-state index contributed by atoms with van der Waals surface area (Å²) in [4.78, 5) is 5.17. The average molecular weight is 330 g/mol. The maximum Gasteiger partial charge on any atom is 0.138 e. The summed E-state index contributed by atoms with van der Waals surface area (Å²) < 4.78 is 2.88. The third-order valence-electron chi connectivity index (χ3n) is 2.53. The second-order valence-corrected chi connectivity index (χ2v) is 6.50. The molecule has 0 saturated carbocycles. The van der Waals surface area contributed by atoms with E-state index in [-0.39, 0.29) is 0 Å². The van der Waals surface area contributed by atoms with E-state index in [9.17, 15) is 5.11 Å². The van der Waals surface area contributed by atoms with E-state index >= 15 is 0 Å². The molecule has 2 heterocycles. The van der Waals surface area contributed by atoms with Gasteiger partial charge in [0.1, 0.15) is 12.2 Å². The van der Waals surface area contributed by atoms with Crippen molar-refractivity contribution < 1.29 is 5.11 Å². The molecule has 0 aliphatic heterocycles. The molecule has 0 saturated heterocycles. The molecule has 6 heteroatoms. The van der Waals surface area contributed by atoms with Crippen LogP contribution < -0.4 is 0 Å². The molecule has 98 valence electrons. The Morgan fingerprint density at radius 1 is 1.50 bits per heavy atom. The maximum atomic E-state index is 10.2. The molecule has 0 aliphatic carbocycles. The van der Waals surface area contributed by atoms with Crippen LogP contribution in [-0.2, 0) is 13.0 Å². The van der Waals surface area contributed by atoms with E-state index in [1.807, 2.05) is 16.1 Å². The highest BCUT2D eigenvalue weighted by molar-refractivity contribution is 9.10. The van der Waals surface area contributed by atoms with Crippen LogP contribution in [0.1, 0.15) is 30.7 Å². The molecule has 0 radical (unpaired) electrons. The molecule has 0 aliphatic rings. The van der Waals surface area contributed by atoms with Crippen molar-refractivity contribution in [3.05, 3.63) is 32.9 Å². The van der Waals surface area contributed by atoms with Gasteiger partial charge in [-0.05, 0) is 27.9 Å². The Labute approximate surface area is 119 Å². The Hall–Kier alpha value is -0.720. The molecule has 1 unspecified atom stereocenters. The van der Waals surface area contributed by atoms with Crippen molar-refractivity contribution in [1.29, 1.82) is 0 Å². The topological polar surface area (TPSA) is 50.9 Å². The summed E-state index contributed by atoms with van der Waals surface area (Å²) in [5.74, 6) is 1.35. The van der Waals surface area contributed by atoms with E-state index in [1.54, 1.807) is 17.7 Å². The van der Waals surface area contributed by atoms with Gasteiger partial charge in [-0.25, -0.2) is 9.67 Å². The van der Waals surface area contributed by atoms with Crippen molar-refractivity contribution in [1.82, 2.24) is 14.8 Å². The zero-order valence-corrected chi connectivity index (χ0v) is 12.8. The van der Waals surface area contributed by atoms with Crippen molar-refractivity contribution in [3.63, 3.8) is 0 Å². The molecule has 18 heavy (non-hydrogen) atoms. The summed E-state index contributed by atoms with van der Waals surface area (Å²) in [6, 6.07) is 1.94. The second-order valence-electron chi connectivity index (χ2n) is 4.64. The van der Waals surface area contributed by atoms with Gasteiger partial charge in [0.05, 0.1) is 6.10 Å². The lowest BCUT2D eigenvalue weighted by molar-refractivity contribution is 0.177. The normalized spacial score (nSPS) is 13.2. The Balaban J connectivity index is 2.07. The first-order chi connectivity index (χ1) is 8.56. The zero-order valence-electron chi connectivity index (χ0n) is 10.4. The zero-order chi connectivity index (χ0) is 13.1. The highest BCUT2D eigenvalue weighted by atomic mass is 79.9. The van der Waals surface area contributed by atoms with Crippen LogP contribution in [0.2, 0.25) is 0 Å². The molecule has 0 aromatic carbocycles. The van der Waals surface area contributed by atoms with Crippen molar-refractivity contribution in [2.24, 2.45) is 5.92 Å². The van der Waals surface area contributed by atoms with E-state index < -0.39 is 6.10 Å². The number of rotatable bonds is 5. The van der Waals surface area contributed by atoms with Gasteiger partial charge < -0.3 is 5.11 Å². The van der Waals surface area contributed by atoms with Crippen LogP contribution in [0.15, 0.2) is 22.2 Å². The number of halogens is 1. The molecule has 2 aromatic heterocycles. The first-order valence-electron chi connectivity index (χ1n) is 5.85. The number of nitrogens with zero attached hydrogens (tertiary/aromatic N) is 3. The SMILES string of the molecule is CC(C)Cn1ncnc1CC(O)c1cc(Br)cs1. The minimum atomic E-state index is -0.517. The van der Waals surface area contributed by atoms with E-state index in [0.717, 1.165) is 21.7 Å². The quantitative estimate of drug-likeness (QED) is 0.917. The smallest absolute Gasteiger partial charge is 0.138 e. The van der Waals surface area contributed by atoms with E-state index in [4.69, 9.17) is 0 Å². The van der Waals surface area contributed by atoms with Crippen molar-refractivity contribution in [3.8, 4) is 0 Å². The highest BCUT2D eigenvalue weighted by Gasteiger charge is 2.15. The maximum absolute atomic E-state index is 10.2. The molecule has 0 spiro atoms. The van der Waals surface area contributed by atoms with Crippen LogP contribution in [0.3, 0.4) is 0 Å². The molecular weight excluding hydrogens is 314 g/mol. The molecule has 0 fully saturated rings. The van der Waals surface area contributed by atoms with E-state index in [2.05, 4.69) is 39.9 Å². The number of aliphatic hydroxyl groups is 1. The minimum Gasteiger partial charge on any atom is -0.387 e. The standard InChI is InChI=1S/C12H16BrN3OS/c1-8(2)5-16-12(14-7-15-16)4-10(17)11-3-9(13)6-18-11/h3,6-8,10,17H,4-5H2,1-2H3. The van der Waals surface area contributed by atoms with Crippen LogP contribution in [-0.4, -0.2) is 19.9 Å². The molecule has 0 bridgehead atoms. The van der Waals surface area contributed by atoms with Crippen molar-refractivity contribution in [2.45, 2.75) is 32.9 Å². The molecular formula is C12H16BrN3OS. The van der Waals surface area contributed by atoms with Crippen LogP contribution in [0.4, 0.5) is 0 Å². The third-order valence-corrected chi connectivity index (χ3v) is 4.32. The largest absolute Gasteiger partial charge is 0.387 e. The lowest BCUT2D eigenvalue weighted by atomic mass is 10.2. The predicted octanol–water partition coefficient (Wildman–Crippen LogP) is 3.03. The van der Waals surface area contributed by atoms with Gasteiger partial charge in [-0.15, -0.1) is 11.3 Å². The Morgan fingerprint density at radius 2 is 2.28 bits per heavy atom. The van der Waals surface area contributed by atoms with Gasteiger partial charge in [0.25, 0.3) is 0 Å². The number of aromatic nitrogens is 3. The number of hydrogen-bond donors (Lipinski definition) is 1. The average Bonchev–Trinajstić information content (AvgIpc) is 2.88. The fourth-order valence-corrected chi connectivity index (χ4v) is 3.15. The summed E-state index contributed by atoms with van der Waals surface area (Å²) in [6.45, 7) is 5.10. The fourth-order valence-electron chi connectivity index (χ4n) is 1.72. The first-order valence-corrected chi connectivity index (χ1v) is 7.52. The second kappa shape index (κ2) is 5.95. The third kappa shape index (κ3) is 3.40. The monoisotopic (exact) mass is 329 g/mol. The van der Waals surface area contributed by atoms with Crippen LogP contribution in [0.25, 0.3) is 0 Å². The number of hydrogen-bond acceptors (Lipinski definition) is 4. The summed E-state index contributed by atoms with van der Waals surface area (Å²) in [6.07, 6.45) is 1.53. The minimum absolute atomic E-state index is 0.500. The van der Waals surface area contributed by atoms with E-state index in [0.29, 0.717) is 12.3 Å². The van der Waals surface area contributed by atoms with Gasteiger partial charge in [-0.3, -0.25) is 0 Å². The fraction of sp³-hybridized carbons (Fsp3) is 0.500. The van der Waals surface area contributed by atoms with Gasteiger partial charge in [0.2, 0.25) is 0 Å². The lowest BCUT2D eigenvalue weighted by Crippen LogP contribution is -2.13. The Kier molecular flexibility index (Phi) is 4.53. The Bertz CT molecular complexity index is 509. The predicted molar refractivity (Wildman–Crippen MR) is 75.5 cm³/mol. The molecule has 2 aromatic rings. The van der Waals surface area contributed by atoms with Gasteiger partial charge in [-0.2, -0.15) is 5.10 Å².